The van der Waals surface area contributed by atoms with E-state index >= 15 is 0 Å². The van der Waals surface area contributed by atoms with Gasteiger partial charge in [0.1, 0.15) is 6.17 Å². The summed E-state index contributed by atoms with van der Waals surface area (Å²) in [4.78, 5) is 22.5. The fourth-order valence-corrected chi connectivity index (χ4v) is 6.39. The molecule has 186 valence electrons. The molecule has 0 aromatic carbocycles. The van der Waals surface area contributed by atoms with Crippen LogP contribution in [0.25, 0.3) is 22.4 Å². The molecular formula is C29H32FN5O. The van der Waals surface area contributed by atoms with Gasteiger partial charge in [0.2, 0.25) is 0 Å². The zero-order chi connectivity index (χ0) is 24.4. The van der Waals surface area contributed by atoms with Gasteiger partial charge in [0, 0.05) is 29.4 Å². The number of alkyl halides is 1. The van der Waals surface area contributed by atoms with E-state index in [4.69, 9.17) is 15.1 Å². The SMILES string of the molecule is CC1(Cn2cc(-c3cc4c(nc3-c3cc5c(nc3CC3CC3)CNC5=O)C(F)CC4)cn2)CCCC1. The Hall–Kier alpha value is -3.09. The Balaban J connectivity index is 1.36. The van der Waals surface area contributed by atoms with Gasteiger partial charge in [0.15, 0.2) is 0 Å². The second-order valence-electron chi connectivity index (χ2n) is 11.7. The van der Waals surface area contributed by atoms with Gasteiger partial charge < -0.3 is 5.32 Å². The maximum atomic E-state index is 14.9. The summed E-state index contributed by atoms with van der Waals surface area (Å²) in [5, 5.41) is 7.63. The number of nitrogens with zero attached hydrogens (tertiary/aromatic N) is 4. The molecule has 1 amide bonds. The van der Waals surface area contributed by atoms with E-state index in [-0.39, 0.29) is 5.91 Å². The molecule has 0 bridgehead atoms. The Morgan fingerprint density at radius 2 is 1.94 bits per heavy atom. The number of rotatable bonds is 6. The standard InChI is InChI=1S/C29H32FN5O/c1-29(8-2-3-9-29)16-35-15-19(13-32-35)20-11-18-6-7-23(30)26(18)34-27(20)21-12-22-25(14-31-28(22)36)33-24(21)10-17-4-5-17/h11-13,15,17,23H,2-10,14,16H2,1H3,(H,31,36). The van der Waals surface area contributed by atoms with Crippen molar-refractivity contribution in [1.29, 1.82) is 0 Å². The monoisotopic (exact) mass is 485 g/mol. The first-order valence-electron chi connectivity index (χ1n) is 13.5. The van der Waals surface area contributed by atoms with E-state index in [2.05, 4.69) is 29.2 Å². The predicted octanol–water partition coefficient (Wildman–Crippen LogP) is 5.74. The Morgan fingerprint density at radius 1 is 1.11 bits per heavy atom. The van der Waals surface area contributed by atoms with Crippen molar-refractivity contribution in [3.05, 3.63) is 52.7 Å². The predicted molar refractivity (Wildman–Crippen MR) is 135 cm³/mol. The number of hydrogen-bond donors (Lipinski definition) is 1. The highest BCUT2D eigenvalue weighted by molar-refractivity contribution is 5.99. The molecule has 0 spiro atoms. The molecule has 3 aromatic rings. The molecular weight excluding hydrogens is 453 g/mol. The molecule has 3 aromatic heterocycles. The van der Waals surface area contributed by atoms with E-state index < -0.39 is 6.17 Å². The second kappa shape index (κ2) is 8.22. The normalized spacial score (nSPS) is 22.1. The number of pyridine rings is 2. The second-order valence-corrected chi connectivity index (χ2v) is 11.7. The van der Waals surface area contributed by atoms with Gasteiger partial charge in [-0.3, -0.25) is 14.5 Å². The number of nitrogens with one attached hydrogen (secondary N) is 1. The summed E-state index contributed by atoms with van der Waals surface area (Å²) in [5.74, 6) is 0.529. The molecule has 4 aliphatic rings. The van der Waals surface area contributed by atoms with Crippen LogP contribution in [0.15, 0.2) is 24.5 Å². The summed E-state index contributed by atoms with van der Waals surface area (Å²) in [6.07, 6.45) is 12.5. The molecule has 1 aliphatic heterocycles. The van der Waals surface area contributed by atoms with Gasteiger partial charge in [0.05, 0.1) is 41.1 Å². The van der Waals surface area contributed by atoms with Gasteiger partial charge in [0.25, 0.3) is 5.91 Å². The number of fused-ring (bicyclic) bond motifs is 2. The van der Waals surface area contributed by atoms with E-state index in [1.165, 1.54) is 38.5 Å². The highest BCUT2D eigenvalue weighted by atomic mass is 19.1. The number of carbonyl (C=O) groups excluding carboxylic acids is 1. The number of halogens is 1. The zero-order valence-electron chi connectivity index (χ0n) is 20.8. The molecule has 1 atom stereocenters. The third kappa shape index (κ3) is 3.84. The lowest BCUT2D eigenvalue weighted by atomic mass is 9.89. The quantitative estimate of drug-likeness (QED) is 0.483. The zero-order valence-corrected chi connectivity index (χ0v) is 20.8. The minimum Gasteiger partial charge on any atom is -0.346 e. The minimum atomic E-state index is -1.05. The maximum Gasteiger partial charge on any atom is 0.253 e. The topological polar surface area (TPSA) is 72.7 Å². The van der Waals surface area contributed by atoms with Crippen LogP contribution in [0.5, 0.6) is 0 Å². The first kappa shape index (κ1) is 22.1. The van der Waals surface area contributed by atoms with E-state index in [9.17, 15) is 9.18 Å². The Kier molecular flexibility index (Phi) is 5.05. The molecule has 4 heterocycles. The van der Waals surface area contributed by atoms with E-state index in [0.29, 0.717) is 42.0 Å². The third-order valence-electron chi connectivity index (χ3n) is 8.67. The third-order valence-corrected chi connectivity index (χ3v) is 8.67. The van der Waals surface area contributed by atoms with Crippen LogP contribution in [0.2, 0.25) is 0 Å². The van der Waals surface area contributed by atoms with E-state index in [1.54, 1.807) is 0 Å². The van der Waals surface area contributed by atoms with Crippen molar-refractivity contribution in [3.8, 4) is 22.4 Å². The fraction of sp³-hybridized carbons (Fsp3) is 0.517. The van der Waals surface area contributed by atoms with E-state index in [1.807, 2.05) is 12.3 Å². The Bertz CT molecular complexity index is 1370. The summed E-state index contributed by atoms with van der Waals surface area (Å²) < 4.78 is 16.9. The van der Waals surface area contributed by atoms with Crippen molar-refractivity contribution in [2.75, 3.05) is 0 Å². The Morgan fingerprint density at radius 3 is 2.75 bits per heavy atom. The number of hydrogen-bond acceptors (Lipinski definition) is 4. The van der Waals surface area contributed by atoms with Gasteiger partial charge in [-0.15, -0.1) is 0 Å². The molecule has 36 heavy (non-hydrogen) atoms. The molecule has 7 heteroatoms. The summed E-state index contributed by atoms with van der Waals surface area (Å²) in [5.41, 5.74) is 7.76. The molecule has 0 radical (unpaired) electrons. The summed E-state index contributed by atoms with van der Waals surface area (Å²) in [6.45, 7) is 3.73. The van der Waals surface area contributed by atoms with Crippen molar-refractivity contribution >= 4 is 5.91 Å². The summed E-state index contributed by atoms with van der Waals surface area (Å²) >= 11 is 0. The van der Waals surface area contributed by atoms with Crippen molar-refractivity contribution in [2.45, 2.75) is 84.0 Å². The number of aromatic nitrogens is 4. The average molecular weight is 486 g/mol. The Labute approximate surface area is 210 Å². The van der Waals surface area contributed by atoms with Crippen LogP contribution in [0, 0.1) is 11.3 Å². The van der Waals surface area contributed by atoms with Crippen molar-refractivity contribution in [2.24, 2.45) is 11.3 Å². The van der Waals surface area contributed by atoms with Crippen LogP contribution in [0.1, 0.15) is 91.0 Å². The molecule has 2 fully saturated rings. The lowest BCUT2D eigenvalue weighted by molar-refractivity contribution is 0.0965. The summed E-state index contributed by atoms with van der Waals surface area (Å²) in [7, 11) is 0. The average Bonchev–Trinajstić information content (AvgIpc) is 3.18. The highest BCUT2D eigenvalue weighted by Gasteiger charge is 2.32. The van der Waals surface area contributed by atoms with Crippen LogP contribution in [-0.4, -0.2) is 25.7 Å². The van der Waals surface area contributed by atoms with Gasteiger partial charge >= 0.3 is 0 Å². The summed E-state index contributed by atoms with van der Waals surface area (Å²) in [6, 6.07) is 4.07. The van der Waals surface area contributed by atoms with Crippen LogP contribution < -0.4 is 5.32 Å². The lowest BCUT2D eigenvalue weighted by Crippen LogP contribution is -2.19. The molecule has 2 saturated carbocycles. The van der Waals surface area contributed by atoms with Crippen LogP contribution in [-0.2, 0) is 25.9 Å². The maximum absolute atomic E-state index is 14.9. The van der Waals surface area contributed by atoms with Crippen molar-refractivity contribution in [1.82, 2.24) is 25.1 Å². The number of amides is 1. The molecule has 1 unspecified atom stereocenters. The minimum absolute atomic E-state index is 0.0968. The van der Waals surface area contributed by atoms with Crippen LogP contribution >= 0.6 is 0 Å². The van der Waals surface area contributed by atoms with Gasteiger partial charge in [-0.05, 0) is 74.0 Å². The first-order chi connectivity index (χ1) is 17.5. The highest BCUT2D eigenvalue weighted by Crippen LogP contribution is 2.43. The lowest BCUT2D eigenvalue weighted by Gasteiger charge is -2.23. The van der Waals surface area contributed by atoms with Crippen LogP contribution in [0.4, 0.5) is 4.39 Å². The van der Waals surface area contributed by atoms with Crippen molar-refractivity contribution in [3.63, 3.8) is 0 Å². The van der Waals surface area contributed by atoms with Gasteiger partial charge in [-0.1, -0.05) is 19.8 Å². The number of carbonyl (C=O) groups is 1. The fourth-order valence-electron chi connectivity index (χ4n) is 6.39. The van der Waals surface area contributed by atoms with Gasteiger partial charge in [-0.25, -0.2) is 9.37 Å². The molecule has 6 nitrogen and oxygen atoms in total. The first-order valence-corrected chi connectivity index (χ1v) is 13.5. The van der Waals surface area contributed by atoms with E-state index in [0.717, 1.165) is 52.3 Å². The molecule has 1 N–H and O–H groups in total. The molecule has 0 saturated heterocycles. The molecule has 7 rings (SSSR count). The van der Waals surface area contributed by atoms with Crippen molar-refractivity contribution < 1.29 is 9.18 Å². The smallest absolute Gasteiger partial charge is 0.253 e. The largest absolute Gasteiger partial charge is 0.346 e. The van der Waals surface area contributed by atoms with Gasteiger partial charge in [-0.2, -0.15) is 5.10 Å². The van der Waals surface area contributed by atoms with Crippen LogP contribution in [0.3, 0.4) is 0 Å². The number of aryl methyl sites for hydroxylation is 1. The molecule has 3 aliphatic carbocycles.